The first-order chi connectivity index (χ1) is 12.1. The number of nitrogens with one attached hydrogen (secondary N) is 1. The summed E-state index contributed by atoms with van der Waals surface area (Å²) < 4.78 is 0. The topological polar surface area (TPSA) is 58.1 Å². The highest BCUT2D eigenvalue weighted by Gasteiger charge is 2.38. The summed E-state index contributed by atoms with van der Waals surface area (Å²) >= 11 is 0. The van der Waals surface area contributed by atoms with Crippen molar-refractivity contribution in [2.45, 2.75) is 26.2 Å². The van der Waals surface area contributed by atoms with Crippen LogP contribution >= 0.6 is 0 Å². The molecule has 1 aliphatic rings. The van der Waals surface area contributed by atoms with Gasteiger partial charge in [0.25, 0.3) is 0 Å². The largest absolute Gasteiger partial charge is 0.310 e. The molecule has 0 radical (unpaired) electrons. The molecule has 2 aromatic rings. The Morgan fingerprint density at radius 2 is 2.12 bits per heavy atom. The smallest absolute Gasteiger partial charge is 0.230 e. The minimum Gasteiger partial charge on any atom is -0.310 e. The van der Waals surface area contributed by atoms with E-state index < -0.39 is 0 Å². The maximum absolute atomic E-state index is 12.9. The third-order valence-electron chi connectivity index (χ3n) is 4.78. The first kappa shape index (κ1) is 17.5. The van der Waals surface area contributed by atoms with Crippen molar-refractivity contribution in [3.8, 4) is 0 Å². The van der Waals surface area contributed by atoms with Gasteiger partial charge in [0.05, 0.1) is 5.92 Å². The number of pyridine rings is 2. The molecule has 1 N–H and O–H groups in total. The average molecular weight is 338 g/mol. The molecule has 2 atom stereocenters. The van der Waals surface area contributed by atoms with E-state index in [0.717, 1.165) is 31.6 Å². The van der Waals surface area contributed by atoms with Crippen LogP contribution in [0.25, 0.3) is 0 Å². The zero-order valence-electron chi connectivity index (χ0n) is 14.9. The molecule has 1 fully saturated rings. The number of hydrogen-bond donors (Lipinski definition) is 1. The van der Waals surface area contributed by atoms with Crippen LogP contribution in [-0.4, -0.2) is 40.4 Å². The lowest BCUT2D eigenvalue weighted by atomic mass is 9.89. The Morgan fingerprint density at radius 1 is 1.24 bits per heavy atom. The number of aromatic nitrogens is 2. The second kappa shape index (κ2) is 8.21. The number of amides is 1. The minimum absolute atomic E-state index is 0.0413. The van der Waals surface area contributed by atoms with Gasteiger partial charge in [-0.05, 0) is 42.6 Å². The second-order valence-electron chi connectivity index (χ2n) is 7.15. The van der Waals surface area contributed by atoms with Crippen molar-refractivity contribution in [1.29, 1.82) is 0 Å². The molecule has 0 aliphatic carbocycles. The van der Waals surface area contributed by atoms with Crippen LogP contribution < -0.4 is 5.32 Å². The van der Waals surface area contributed by atoms with Gasteiger partial charge in [0, 0.05) is 37.6 Å². The second-order valence-corrected chi connectivity index (χ2v) is 7.15. The molecule has 132 valence electrons. The van der Waals surface area contributed by atoms with Crippen molar-refractivity contribution in [3.05, 3.63) is 54.5 Å². The number of hydrogen-bond acceptors (Lipinski definition) is 4. The van der Waals surface area contributed by atoms with Crippen molar-refractivity contribution >= 4 is 11.7 Å². The van der Waals surface area contributed by atoms with Crippen molar-refractivity contribution in [2.75, 3.05) is 25.0 Å². The van der Waals surface area contributed by atoms with Gasteiger partial charge in [-0.25, -0.2) is 4.98 Å². The minimum atomic E-state index is -0.0848. The Kier molecular flexibility index (Phi) is 5.76. The lowest BCUT2D eigenvalue weighted by Gasteiger charge is -2.17. The SMILES string of the molecule is CC(C)CCN1CC(C(=O)Nc2ccccn2)[C@H](c2cccnc2)C1. The summed E-state index contributed by atoms with van der Waals surface area (Å²) in [6.07, 6.45) is 6.50. The van der Waals surface area contributed by atoms with Crippen molar-refractivity contribution < 1.29 is 4.79 Å². The summed E-state index contributed by atoms with van der Waals surface area (Å²) in [5.74, 6) is 1.40. The summed E-state index contributed by atoms with van der Waals surface area (Å²) in [6, 6.07) is 9.56. The van der Waals surface area contributed by atoms with Crippen LogP contribution in [0, 0.1) is 11.8 Å². The van der Waals surface area contributed by atoms with E-state index in [1.54, 1.807) is 12.4 Å². The number of nitrogens with zero attached hydrogens (tertiary/aromatic N) is 3. The lowest BCUT2D eigenvalue weighted by molar-refractivity contribution is -0.119. The summed E-state index contributed by atoms with van der Waals surface area (Å²) in [5.41, 5.74) is 1.13. The Bertz CT molecular complexity index is 675. The maximum atomic E-state index is 12.9. The first-order valence-corrected chi connectivity index (χ1v) is 8.97. The molecule has 5 heteroatoms. The molecule has 0 aromatic carbocycles. The quantitative estimate of drug-likeness (QED) is 0.879. The predicted molar refractivity (Wildman–Crippen MR) is 99.2 cm³/mol. The molecule has 25 heavy (non-hydrogen) atoms. The molecule has 2 aromatic heterocycles. The molecule has 1 saturated heterocycles. The van der Waals surface area contributed by atoms with Crippen LogP contribution in [0.1, 0.15) is 31.7 Å². The highest BCUT2D eigenvalue weighted by molar-refractivity contribution is 5.92. The van der Waals surface area contributed by atoms with Crippen LogP contribution in [0.2, 0.25) is 0 Å². The van der Waals surface area contributed by atoms with Crippen molar-refractivity contribution in [2.24, 2.45) is 11.8 Å². The van der Waals surface area contributed by atoms with E-state index in [1.807, 2.05) is 30.5 Å². The van der Waals surface area contributed by atoms with Gasteiger partial charge >= 0.3 is 0 Å². The van der Waals surface area contributed by atoms with Crippen molar-refractivity contribution in [1.82, 2.24) is 14.9 Å². The van der Waals surface area contributed by atoms with Crippen LogP contribution in [0.4, 0.5) is 5.82 Å². The first-order valence-electron chi connectivity index (χ1n) is 8.97. The average Bonchev–Trinajstić information content (AvgIpc) is 3.06. The van der Waals surface area contributed by atoms with E-state index in [-0.39, 0.29) is 17.7 Å². The highest BCUT2D eigenvalue weighted by Crippen LogP contribution is 2.33. The van der Waals surface area contributed by atoms with Crippen molar-refractivity contribution in [3.63, 3.8) is 0 Å². The molecule has 0 spiro atoms. The van der Waals surface area contributed by atoms with E-state index in [0.29, 0.717) is 11.7 Å². The lowest BCUT2D eigenvalue weighted by Crippen LogP contribution is -2.29. The fourth-order valence-corrected chi connectivity index (χ4v) is 3.36. The Balaban J connectivity index is 1.74. The Morgan fingerprint density at radius 3 is 2.80 bits per heavy atom. The summed E-state index contributed by atoms with van der Waals surface area (Å²) in [6.45, 7) is 7.19. The Hall–Kier alpha value is -2.27. The van der Waals surface area contributed by atoms with Crippen LogP contribution in [0.15, 0.2) is 48.9 Å². The standard InChI is InChI=1S/C20H26N4O/c1-15(2)8-11-24-13-17(16-6-5-9-21-12-16)18(14-24)20(25)23-19-7-3-4-10-22-19/h3-7,9-10,12,15,17-18H,8,11,13-14H2,1-2H3,(H,22,23,25)/t17-,18?/m0/s1. The third-order valence-corrected chi connectivity index (χ3v) is 4.78. The fraction of sp³-hybridized carbons (Fsp3) is 0.450. The Labute approximate surface area is 149 Å². The molecule has 1 amide bonds. The summed E-state index contributed by atoms with van der Waals surface area (Å²) in [5, 5.41) is 2.97. The summed E-state index contributed by atoms with van der Waals surface area (Å²) in [7, 11) is 0. The van der Waals surface area contributed by atoms with E-state index >= 15 is 0 Å². The molecule has 3 heterocycles. The van der Waals surface area contributed by atoms with Gasteiger partial charge in [-0.2, -0.15) is 0 Å². The fourth-order valence-electron chi connectivity index (χ4n) is 3.36. The molecule has 3 rings (SSSR count). The van der Waals surface area contributed by atoms with Gasteiger partial charge in [0.2, 0.25) is 5.91 Å². The predicted octanol–water partition coefficient (Wildman–Crippen LogP) is 3.18. The monoisotopic (exact) mass is 338 g/mol. The van der Waals surface area contributed by atoms with Gasteiger partial charge in [-0.3, -0.25) is 9.78 Å². The number of carbonyl (C=O) groups excluding carboxylic acids is 1. The molecular weight excluding hydrogens is 312 g/mol. The van der Waals surface area contributed by atoms with Gasteiger partial charge in [0.1, 0.15) is 5.82 Å². The molecule has 0 bridgehead atoms. The normalized spacial score (nSPS) is 20.8. The highest BCUT2D eigenvalue weighted by atomic mass is 16.2. The van der Waals surface area contributed by atoms with Crippen LogP contribution in [0.3, 0.4) is 0 Å². The van der Waals surface area contributed by atoms with Gasteiger partial charge in [0.15, 0.2) is 0 Å². The van der Waals surface area contributed by atoms with Gasteiger partial charge in [-0.15, -0.1) is 0 Å². The number of anilines is 1. The van der Waals surface area contributed by atoms with Gasteiger partial charge < -0.3 is 10.2 Å². The number of rotatable bonds is 6. The zero-order valence-corrected chi connectivity index (χ0v) is 14.9. The molecule has 5 nitrogen and oxygen atoms in total. The molecule has 1 aliphatic heterocycles. The number of carbonyl (C=O) groups is 1. The molecule has 0 saturated carbocycles. The zero-order chi connectivity index (χ0) is 17.6. The number of likely N-dealkylation sites (tertiary alicyclic amines) is 1. The maximum Gasteiger partial charge on any atom is 0.230 e. The molecular formula is C20H26N4O. The van der Waals surface area contributed by atoms with E-state index in [4.69, 9.17) is 0 Å². The summed E-state index contributed by atoms with van der Waals surface area (Å²) in [4.78, 5) is 23.7. The van der Waals surface area contributed by atoms with Crippen LogP contribution in [0.5, 0.6) is 0 Å². The third kappa shape index (κ3) is 4.63. The van der Waals surface area contributed by atoms with Crippen LogP contribution in [-0.2, 0) is 4.79 Å². The molecule has 1 unspecified atom stereocenters. The van der Waals surface area contributed by atoms with E-state index in [9.17, 15) is 4.79 Å². The van der Waals surface area contributed by atoms with E-state index in [2.05, 4.69) is 40.1 Å². The van der Waals surface area contributed by atoms with Gasteiger partial charge in [-0.1, -0.05) is 26.0 Å². The van der Waals surface area contributed by atoms with E-state index in [1.165, 1.54) is 0 Å².